The Hall–Kier alpha value is -0.833. The first kappa shape index (κ1) is 17.2. The van der Waals surface area contributed by atoms with Crippen LogP contribution < -0.4 is 0 Å². The third-order valence-electron chi connectivity index (χ3n) is 3.50. The SMILES string of the molecule is C=C(C/C=C/O[Si](C)(C)C(C)(C)C)CCC(C)=O. The van der Waals surface area contributed by atoms with Gasteiger partial charge < -0.3 is 9.22 Å². The fraction of sp³-hybridized carbons (Fsp3) is 0.667. The Balaban J connectivity index is 4.05. The van der Waals surface area contributed by atoms with E-state index >= 15 is 0 Å². The first-order chi connectivity index (χ1) is 8.06. The summed E-state index contributed by atoms with van der Waals surface area (Å²) in [5, 5.41) is 0.225. The van der Waals surface area contributed by atoms with Crippen LogP contribution in [0.5, 0.6) is 0 Å². The molecule has 0 aliphatic rings. The number of allylic oxidation sites excluding steroid dienone is 2. The largest absolute Gasteiger partial charge is 0.549 e. The summed E-state index contributed by atoms with van der Waals surface area (Å²) in [6, 6.07) is 0. The molecule has 0 atom stereocenters. The van der Waals surface area contributed by atoms with Gasteiger partial charge in [-0.1, -0.05) is 32.9 Å². The molecule has 18 heavy (non-hydrogen) atoms. The number of Topliss-reactive ketones (excluding diaryl/α,β-unsaturated/α-hetero) is 1. The standard InChI is InChI=1S/C15H28O2Si/c1-13(10-11-14(2)16)9-8-12-17-18(6,7)15(3,4)5/h8,12H,1,9-11H2,2-7H3/b12-8+. The van der Waals surface area contributed by atoms with Gasteiger partial charge in [-0.3, -0.25) is 0 Å². The highest BCUT2D eigenvalue weighted by atomic mass is 28.4. The highest BCUT2D eigenvalue weighted by Crippen LogP contribution is 2.36. The number of carbonyl (C=O) groups excluding carboxylic acids is 1. The molecule has 0 aromatic heterocycles. The Morgan fingerprint density at radius 2 is 1.83 bits per heavy atom. The molecule has 0 spiro atoms. The van der Waals surface area contributed by atoms with Crippen molar-refractivity contribution < 1.29 is 9.22 Å². The maximum absolute atomic E-state index is 10.8. The molecule has 0 rings (SSSR count). The molecular weight excluding hydrogens is 240 g/mol. The third kappa shape index (κ3) is 6.79. The zero-order valence-electron chi connectivity index (χ0n) is 12.8. The Kier molecular flexibility index (Phi) is 6.61. The summed E-state index contributed by atoms with van der Waals surface area (Å²) >= 11 is 0. The minimum Gasteiger partial charge on any atom is -0.549 e. The van der Waals surface area contributed by atoms with E-state index in [2.05, 4.69) is 40.4 Å². The van der Waals surface area contributed by atoms with Gasteiger partial charge in [-0.25, -0.2) is 0 Å². The molecule has 0 saturated heterocycles. The molecule has 0 amide bonds. The van der Waals surface area contributed by atoms with Crippen molar-refractivity contribution in [3.05, 3.63) is 24.5 Å². The van der Waals surface area contributed by atoms with E-state index in [0.717, 1.165) is 18.4 Å². The monoisotopic (exact) mass is 268 g/mol. The molecule has 0 heterocycles. The summed E-state index contributed by atoms with van der Waals surface area (Å²) in [5.74, 6) is 0.220. The van der Waals surface area contributed by atoms with Gasteiger partial charge in [0.25, 0.3) is 0 Å². The quantitative estimate of drug-likeness (QED) is 0.375. The van der Waals surface area contributed by atoms with Crippen molar-refractivity contribution >= 4 is 14.1 Å². The molecule has 0 radical (unpaired) electrons. The summed E-state index contributed by atoms with van der Waals surface area (Å²) in [4.78, 5) is 10.8. The molecule has 0 fully saturated rings. The smallest absolute Gasteiger partial charge is 0.249 e. The zero-order chi connectivity index (χ0) is 14.4. The zero-order valence-corrected chi connectivity index (χ0v) is 13.8. The lowest BCUT2D eigenvalue weighted by molar-refractivity contribution is -0.116. The predicted molar refractivity (Wildman–Crippen MR) is 81.1 cm³/mol. The first-order valence-corrected chi connectivity index (χ1v) is 9.46. The fourth-order valence-electron chi connectivity index (χ4n) is 1.06. The van der Waals surface area contributed by atoms with E-state index in [9.17, 15) is 4.79 Å². The summed E-state index contributed by atoms with van der Waals surface area (Å²) < 4.78 is 5.92. The minimum atomic E-state index is -1.68. The van der Waals surface area contributed by atoms with Crippen molar-refractivity contribution in [2.75, 3.05) is 0 Å². The lowest BCUT2D eigenvalue weighted by Crippen LogP contribution is -2.39. The van der Waals surface area contributed by atoms with Crippen molar-refractivity contribution in [1.29, 1.82) is 0 Å². The first-order valence-electron chi connectivity index (χ1n) is 6.55. The summed E-state index contributed by atoms with van der Waals surface area (Å²) in [7, 11) is -1.68. The van der Waals surface area contributed by atoms with Crippen LogP contribution in [0, 0.1) is 0 Å². The normalized spacial score (nSPS) is 12.8. The molecule has 0 unspecified atom stereocenters. The molecule has 2 nitrogen and oxygen atoms in total. The van der Waals surface area contributed by atoms with Crippen molar-refractivity contribution in [2.45, 2.75) is 65.1 Å². The number of hydrogen-bond acceptors (Lipinski definition) is 2. The topological polar surface area (TPSA) is 26.3 Å². The average Bonchev–Trinajstić information content (AvgIpc) is 2.19. The lowest BCUT2D eigenvalue weighted by Gasteiger charge is -2.34. The molecule has 0 aliphatic heterocycles. The fourth-order valence-corrected chi connectivity index (χ4v) is 1.85. The van der Waals surface area contributed by atoms with Gasteiger partial charge >= 0.3 is 0 Å². The van der Waals surface area contributed by atoms with Crippen LogP contribution in [0.15, 0.2) is 24.5 Å². The summed E-state index contributed by atoms with van der Waals surface area (Å²) in [6.07, 6.45) is 5.98. The Morgan fingerprint density at radius 1 is 1.28 bits per heavy atom. The number of hydrogen-bond donors (Lipinski definition) is 0. The van der Waals surface area contributed by atoms with E-state index in [1.165, 1.54) is 0 Å². The van der Waals surface area contributed by atoms with Crippen molar-refractivity contribution in [1.82, 2.24) is 0 Å². The summed E-state index contributed by atoms with van der Waals surface area (Å²) in [6.45, 7) is 16.7. The molecular formula is C15H28O2Si. The number of rotatable bonds is 7. The number of carbonyl (C=O) groups is 1. The van der Waals surface area contributed by atoms with Gasteiger partial charge in [0.15, 0.2) is 0 Å². The van der Waals surface area contributed by atoms with Crippen LogP contribution in [0.2, 0.25) is 18.1 Å². The van der Waals surface area contributed by atoms with Crippen LogP contribution in [-0.2, 0) is 9.22 Å². The molecule has 3 heteroatoms. The van der Waals surface area contributed by atoms with Gasteiger partial charge in [0, 0.05) is 6.42 Å². The highest BCUT2D eigenvalue weighted by molar-refractivity contribution is 6.74. The van der Waals surface area contributed by atoms with Crippen LogP contribution in [0.3, 0.4) is 0 Å². The molecule has 0 N–H and O–H groups in total. The van der Waals surface area contributed by atoms with Crippen LogP contribution >= 0.6 is 0 Å². The molecule has 0 saturated carbocycles. The van der Waals surface area contributed by atoms with E-state index in [-0.39, 0.29) is 10.8 Å². The second-order valence-electron chi connectivity index (χ2n) is 6.41. The van der Waals surface area contributed by atoms with E-state index in [1.807, 2.05) is 12.3 Å². The maximum atomic E-state index is 10.8. The van der Waals surface area contributed by atoms with E-state index < -0.39 is 8.32 Å². The second kappa shape index (κ2) is 6.93. The van der Waals surface area contributed by atoms with Gasteiger partial charge in [0.1, 0.15) is 5.78 Å². The van der Waals surface area contributed by atoms with E-state index in [4.69, 9.17) is 4.43 Å². The minimum absolute atomic E-state index is 0.220. The van der Waals surface area contributed by atoms with Crippen molar-refractivity contribution in [2.24, 2.45) is 0 Å². The van der Waals surface area contributed by atoms with Gasteiger partial charge in [0.05, 0.1) is 6.26 Å². The second-order valence-corrected chi connectivity index (χ2v) is 11.2. The van der Waals surface area contributed by atoms with E-state index in [1.54, 1.807) is 6.92 Å². The lowest BCUT2D eigenvalue weighted by atomic mass is 10.1. The van der Waals surface area contributed by atoms with Gasteiger partial charge in [-0.2, -0.15) is 0 Å². The molecule has 0 aromatic rings. The van der Waals surface area contributed by atoms with Gasteiger partial charge in [0.2, 0.25) is 8.32 Å². The maximum Gasteiger partial charge on any atom is 0.249 e. The Morgan fingerprint density at radius 3 is 2.28 bits per heavy atom. The van der Waals surface area contributed by atoms with E-state index in [0.29, 0.717) is 6.42 Å². The molecule has 0 aliphatic carbocycles. The van der Waals surface area contributed by atoms with Crippen LogP contribution in [0.4, 0.5) is 0 Å². The molecule has 0 bridgehead atoms. The third-order valence-corrected chi connectivity index (χ3v) is 7.84. The molecule has 104 valence electrons. The summed E-state index contributed by atoms with van der Waals surface area (Å²) in [5.41, 5.74) is 1.08. The Labute approximate surface area is 113 Å². The highest BCUT2D eigenvalue weighted by Gasteiger charge is 2.37. The molecule has 0 aromatic carbocycles. The van der Waals surface area contributed by atoms with Crippen LogP contribution in [0.25, 0.3) is 0 Å². The van der Waals surface area contributed by atoms with Gasteiger partial charge in [-0.05, 0) is 44.0 Å². The van der Waals surface area contributed by atoms with Crippen molar-refractivity contribution in [3.8, 4) is 0 Å². The van der Waals surface area contributed by atoms with Crippen molar-refractivity contribution in [3.63, 3.8) is 0 Å². The van der Waals surface area contributed by atoms with Crippen LogP contribution in [-0.4, -0.2) is 14.1 Å². The Bertz CT molecular complexity index is 322. The van der Waals surface area contributed by atoms with Crippen LogP contribution in [0.1, 0.15) is 47.0 Å². The average molecular weight is 268 g/mol. The predicted octanol–water partition coefficient (Wildman–Crippen LogP) is 4.84. The number of ketones is 1. The van der Waals surface area contributed by atoms with Gasteiger partial charge in [-0.15, -0.1) is 0 Å².